The normalized spacial score (nSPS) is 10.2. The van der Waals surface area contributed by atoms with Crippen LogP contribution in [0.25, 0.3) is 11.3 Å². The molecule has 0 radical (unpaired) electrons. The van der Waals surface area contributed by atoms with Gasteiger partial charge in [-0.05, 0) is 42.5 Å². The first-order chi connectivity index (χ1) is 15.5. The number of nitriles is 1. The van der Waals surface area contributed by atoms with Crippen LogP contribution in [0.15, 0.2) is 84.9 Å². The van der Waals surface area contributed by atoms with Crippen LogP contribution in [-0.4, -0.2) is 21.6 Å². The van der Waals surface area contributed by atoms with Crippen LogP contribution in [0.1, 0.15) is 26.3 Å². The molecular weight excluding hydrogens is 402 g/mol. The topological polar surface area (TPSA) is 99.8 Å². The van der Waals surface area contributed by atoms with Gasteiger partial charge in [-0.15, -0.1) is 0 Å². The number of anilines is 2. The second-order valence-corrected chi connectivity index (χ2v) is 7.08. The molecule has 0 unspecified atom stereocenters. The zero-order valence-electron chi connectivity index (χ0n) is 17.2. The lowest BCUT2D eigenvalue weighted by molar-refractivity contribution is 0.101. The van der Waals surface area contributed by atoms with Crippen LogP contribution in [0, 0.1) is 11.3 Å². The van der Waals surface area contributed by atoms with Crippen molar-refractivity contribution in [1.29, 1.82) is 5.26 Å². The fraction of sp³-hybridized carbons (Fsp3) is 0.0400. The van der Waals surface area contributed by atoms with E-state index in [1.54, 1.807) is 66.3 Å². The molecule has 4 aromatic rings. The number of hydrogen-bond donors (Lipinski definition) is 2. The predicted octanol–water partition coefficient (Wildman–Crippen LogP) is 4.46. The third-order valence-corrected chi connectivity index (χ3v) is 4.85. The summed E-state index contributed by atoms with van der Waals surface area (Å²) in [7, 11) is 1.76. The summed E-state index contributed by atoms with van der Waals surface area (Å²) in [5.41, 5.74) is 3.56. The monoisotopic (exact) mass is 421 g/mol. The summed E-state index contributed by atoms with van der Waals surface area (Å²) >= 11 is 0. The molecule has 156 valence electrons. The quantitative estimate of drug-likeness (QED) is 0.497. The molecule has 2 N–H and O–H groups in total. The summed E-state index contributed by atoms with van der Waals surface area (Å²) in [6, 6.07) is 26.5. The number of aryl methyl sites for hydroxylation is 1. The van der Waals surface area contributed by atoms with Gasteiger partial charge < -0.3 is 10.6 Å². The molecule has 2 amide bonds. The van der Waals surface area contributed by atoms with E-state index in [9.17, 15) is 9.59 Å². The number of carbonyl (C=O) groups excluding carboxylic acids is 2. The molecule has 0 saturated heterocycles. The number of carbonyl (C=O) groups is 2. The largest absolute Gasteiger partial charge is 0.322 e. The van der Waals surface area contributed by atoms with Gasteiger partial charge in [0.1, 0.15) is 5.82 Å². The molecule has 0 aliphatic heterocycles. The van der Waals surface area contributed by atoms with Crippen molar-refractivity contribution in [3.63, 3.8) is 0 Å². The summed E-state index contributed by atoms with van der Waals surface area (Å²) in [5, 5.41) is 19.1. The van der Waals surface area contributed by atoms with E-state index >= 15 is 0 Å². The highest BCUT2D eigenvalue weighted by Gasteiger charge is 2.12. The Morgan fingerprint density at radius 3 is 2.25 bits per heavy atom. The van der Waals surface area contributed by atoms with Gasteiger partial charge in [0.05, 0.1) is 17.3 Å². The third kappa shape index (κ3) is 4.55. The van der Waals surface area contributed by atoms with E-state index in [-0.39, 0.29) is 11.8 Å². The Morgan fingerprint density at radius 1 is 0.844 bits per heavy atom. The summed E-state index contributed by atoms with van der Waals surface area (Å²) in [5.74, 6) is 0.0703. The average Bonchev–Trinajstić information content (AvgIpc) is 3.20. The van der Waals surface area contributed by atoms with Crippen LogP contribution in [0.3, 0.4) is 0 Å². The Hall–Kier alpha value is -4.70. The molecule has 32 heavy (non-hydrogen) atoms. The number of aromatic nitrogens is 2. The SMILES string of the molecule is Cn1nc(-c2ccc(NC(=O)c3cccc(C#N)c3)cc2)cc1NC(=O)c1ccccc1. The maximum absolute atomic E-state index is 12.4. The van der Waals surface area contributed by atoms with E-state index in [2.05, 4.69) is 15.7 Å². The lowest BCUT2D eigenvalue weighted by Gasteiger charge is -2.06. The van der Waals surface area contributed by atoms with E-state index in [1.165, 1.54) is 0 Å². The van der Waals surface area contributed by atoms with Crippen molar-refractivity contribution in [3.8, 4) is 17.3 Å². The summed E-state index contributed by atoms with van der Waals surface area (Å²) < 4.78 is 1.61. The number of rotatable bonds is 5. The molecule has 3 aromatic carbocycles. The van der Waals surface area contributed by atoms with Gasteiger partial charge in [0.25, 0.3) is 11.8 Å². The Morgan fingerprint density at radius 2 is 1.53 bits per heavy atom. The molecule has 0 atom stereocenters. The standard InChI is InChI=1S/C25H19N5O2/c1-30-23(28-24(31)19-7-3-2-4-8-19)15-22(29-30)18-10-12-21(13-11-18)27-25(32)20-9-5-6-17(14-20)16-26/h2-15H,1H3,(H,27,32)(H,28,31). The first-order valence-corrected chi connectivity index (χ1v) is 9.86. The van der Waals surface area contributed by atoms with Crippen LogP contribution in [0.4, 0.5) is 11.5 Å². The summed E-state index contributed by atoms with van der Waals surface area (Å²) in [4.78, 5) is 24.8. The van der Waals surface area contributed by atoms with Crippen molar-refractivity contribution in [2.75, 3.05) is 10.6 Å². The first kappa shape index (κ1) is 20.6. The van der Waals surface area contributed by atoms with Crippen LogP contribution in [-0.2, 0) is 7.05 Å². The Balaban J connectivity index is 1.46. The summed E-state index contributed by atoms with van der Waals surface area (Å²) in [6.45, 7) is 0. The van der Waals surface area contributed by atoms with Crippen molar-refractivity contribution in [2.45, 2.75) is 0 Å². The fourth-order valence-corrected chi connectivity index (χ4v) is 3.16. The van der Waals surface area contributed by atoms with E-state index in [0.29, 0.717) is 33.9 Å². The van der Waals surface area contributed by atoms with Gasteiger partial charge in [-0.2, -0.15) is 10.4 Å². The van der Waals surface area contributed by atoms with Crippen molar-refractivity contribution in [2.24, 2.45) is 7.05 Å². The summed E-state index contributed by atoms with van der Waals surface area (Å²) in [6.07, 6.45) is 0. The zero-order valence-corrected chi connectivity index (χ0v) is 17.2. The van der Waals surface area contributed by atoms with Crippen molar-refractivity contribution >= 4 is 23.3 Å². The number of hydrogen-bond acceptors (Lipinski definition) is 4. The lowest BCUT2D eigenvalue weighted by Crippen LogP contribution is -2.14. The molecule has 4 rings (SSSR count). The van der Waals surface area contributed by atoms with Gasteiger partial charge >= 0.3 is 0 Å². The predicted molar refractivity (Wildman–Crippen MR) is 122 cm³/mol. The van der Waals surface area contributed by atoms with Gasteiger partial charge in [-0.1, -0.05) is 36.4 Å². The molecule has 1 aromatic heterocycles. The van der Waals surface area contributed by atoms with Gasteiger partial charge in [-0.25, -0.2) is 0 Å². The minimum atomic E-state index is -0.293. The third-order valence-electron chi connectivity index (χ3n) is 4.85. The smallest absolute Gasteiger partial charge is 0.256 e. The average molecular weight is 421 g/mol. The number of nitrogens with zero attached hydrogens (tertiary/aromatic N) is 3. The van der Waals surface area contributed by atoms with Crippen LogP contribution in [0.5, 0.6) is 0 Å². The first-order valence-electron chi connectivity index (χ1n) is 9.86. The maximum Gasteiger partial charge on any atom is 0.256 e. The Bertz CT molecular complexity index is 1320. The molecule has 0 spiro atoms. The van der Waals surface area contributed by atoms with E-state index in [1.807, 2.05) is 36.4 Å². The molecule has 7 heteroatoms. The Labute approximate surface area is 184 Å². The van der Waals surface area contributed by atoms with Crippen molar-refractivity contribution in [1.82, 2.24) is 9.78 Å². The van der Waals surface area contributed by atoms with Crippen LogP contribution < -0.4 is 10.6 Å². The van der Waals surface area contributed by atoms with Gasteiger partial charge in [-0.3, -0.25) is 14.3 Å². The fourth-order valence-electron chi connectivity index (χ4n) is 3.16. The van der Waals surface area contributed by atoms with Crippen LogP contribution >= 0.6 is 0 Å². The number of benzene rings is 3. The minimum absolute atomic E-state index is 0.210. The van der Waals surface area contributed by atoms with Gasteiger partial charge in [0.2, 0.25) is 0 Å². The van der Waals surface area contributed by atoms with E-state index in [4.69, 9.17) is 5.26 Å². The molecule has 0 bridgehead atoms. The second-order valence-electron chi connectivity index (χ2n) is 7.08. The zero-order chi connectivity index (χ0) is 22.5. The van der Waals surface area contributed by atoms with Crippen LogP contribution in [0.2, 0.25) is 0 Å². The lowest BCUT2D eigenvalue weighted by atomic mass is 10.1. The molecule has 7 nitrogen and oxygen atoms in total. The minimum Gasteiger partial charge on any atom is -0.322 e. The molecule has 0 fully saturated rings. The van der Waals surface area contributed by atoms with Crippen molar-refractivity contribution in [3.05, 3.63) is 102 Å². The molecular formula is C25H19N5O2. The van der Waals surface area contributed by atoms with E-state index in [0.717, 1.165) is 5.56 Å². The van der Waals surface area contributed by atoms with Crippen molar-refractivity contribution < 1.29 is 9.59 Å². The van der Waals surface area contributed by atoms with Gasteiger partial charge in [0, 0.05) is 35.5 Å². The molecule has 0 aliphatic carbocycles. The second kappa shape index (κ2) is 8.98. The molecule has 0 aliphatic rings. The highest BCUT2D eigenvalue weighted by molar-refractivity contribution is 6.05. The molecule has 1 heterocycles. The number of nitrogens with one attached hydrogen (secondary N) is 2. The maximum atomic E-state index is 12.4. The number of amides is 2. The molecule has 0 saturated carbocycles. The highest BCUT2D eigenvalue weighted by atomic mass is 16.2. The Kier molecular flexibility index (Phi) is 5.77. The van der Waals surface area contributed by atoms with Gasteiger partial charge in [0.15, 0.2) is 0 Å². The highest BCUT2D eigenvalue weighted by Crippen LogP contribution is 2.24. The van der Waals surface area contributed by atoms with E-state index < -0.39 is 0 Å².